The first-order valence-electron chi connectivity index (χ1n) is 8.92. The van der Waals surface area contributed by atoms with Gasteiger partial charge < -0.3 is 20.1 Å². The van der Waals surface area contributed by atoms with Crippen molar-refractivity contribution in [2.24, 2.45) is 5.92 Å². The van der Waals surface area contributed by atoms with Gasteiger partial charge in [0, 0.05) is 31.8 Å². The van der Waals surface area contributed by atoms with Gasteiger partial charge in [-0.05, 0) is 30.7 Å². The summed E-state index contributed by atoms with van der Waals surface area (Å²) in [6.07, 6.45) is 2.53. The number of nitrogens with one attached hydrogen (secondary N) is 1. The summed E-state index contributed by atoms with van der Waals surface area (Å²) in [5.41, 5.74) is 0.999. The van der Waals surface area contributed by atoms with Gasteiger partial charge in [0.15, 0.2) is 0 Å². The predicted molar refractivity (Wildman–Crippen MR) is 94.7 cm³/mol. The molecule has 0 aliphatic carbocycles. The summed E-state index contributed by atoms with van der Waals surface area (Å²) < 4.78 is 5.45. The quantitative estimate of drug-likeness (QED) is 0.805. The van der Waals surface area contributed by atoms with Crippen LogP contribution in [0.5, 0.6) is 0 Å². The molecule has 5 nitrogen and oxygen atoms in total. The summed E-state index contributed by atoms with van der Waals surface area (Å²) in [6, 6.07) is 10.3. The topological polar surface area (TPSA) is 61.8 Å². The number of benzene rings is 1. The van der Waals surface area contributed by atoms with E-state index in [4.69, 9.17) is 4.74 Å². The van der Waals surface area contributed by atoms with Crippen molar-refractivity contribution >= 4 is 6.09 Å². The van der Waals surface area contributed by atoms with Crippen LogP contribution in [0.1, 0.15) is 38.7 Å². The van der Waals surface area contributed by atoms with Gasteiger partial charge in [0.05, 0.1) is 0 Å². The molecule has 0 aromatic heterocycles. The number of amides is 1. The van der Waals surface area contributed by atoms with Gasteiger partial charge in [0.2, 0.25) is 0 Å². The Morgan fingerprint density at radius 2 is 2.12 bits per heavy atom. The second kappa shape index (κ2) is 9.64. The maximum absolute atomic E-state index is 12.4. The van der Waals surface area contributed by atoms with E-state index in [-0.39, 0.29) is 18.7 Å². The van der Waals surface area contributed by atoms with Crippen molar-refractivity contribution in [2.45, 2.75) is 51.8 Å². The number of carbonyl (C=O) groups excluding carboxylic acids is 1. The van der Waals surface area contributed by atoms with Crippen molar-refractivity contribution in [1.82, 2.24) is 10.2 Å². The maximum atomic E-state index is 12.4. The third kappa shape index (κ3) is 5.80. The number of ether oxygens (including phenoxy) is 1. The fourth-order valence-corrected chi connectivity index (χ4v) is 3.34. The van der Waals surface area contributed by atoms with E-state index >= 15 is 0 Å². The molecule has 0 spiro atoms. The van der Waals surface area contributed by atoms with E-state index in [1.54, 1.807) is 0 Å². The lowest BCUT2D eigenvalue weighted by Crippen LogP contribution is -2.49. The average molecular weight is 334 g/mol. The number of hydrogen-bond donors (Lipinski definition) is 2. The zero-order valence-corrected chi connectivity index (χ0v) is 14.8. The van der Waals surface area contributed by atoms with E-state index in [9.17, 15) is 9.90 Å². The molecule has 24 heavy (non-hydrogen) atoms. The van der Waals surface area contributed by atoms with E-state index in [2.05, 4.69) is 19.2 Å². The van der Waals surface area contributed by atoms with Crippen molar-refractivity contribution in [3.8, 4) is 0 Å². The summed E-state index contributed by atoms with van der Waals surface area (Å²) in [7, 11) is 0. The zero-order chi connectivity index (χ0) is 17.4. The van der Waals surface area contributed by atoms with Crippen LogP contribution in [0.15, 0.2) is 30.3 Å². The molecule has 2 atom stereocenters. The summed E-state index contributed by atoms with van der Waals surface area (Å²) in [4.78, 5) is 14.2. The highest BCUT2D eigenvalue weighted by Gasteiger charge is 2.30. The van der Waals surface area contributed by atoms with E-state index in [1.165, 1.54) is 0 Å². The molecule has 1 aliphatic rings. The molecule has 1 amide bonds. The lowest BCUT2D eigenvalue weighted by atomic mass is 9.88. The molecule has 2 rings (SSSR count). The van der Waals surface area contributed by atoms with Crippen LogP contribution in [0.4, 0.5) is 4.79 Å². The number of carbonyl (C=O) groups is 1. The van der Waals surface area contributed by atoms with E-state index in [0.29, 0.717) is 25.1 Å². The van der Waals surface area contributed by atoms with Crippen LogP contribution in [0.2, 0.25) is 0 Å². The molecule has 1 saturated heterocycles. The van der Waals surface area contributed by atoms with E-state index < -0.39 is 0 Å². The van der Waals surface area contributed by atoms with Gasteiger partial charge in [-0.1, -0.05) is 44.2 Å². The van der Waals surface area contributed by atoms with Gasteiger partial charge in [0.1, 0.15) is 6.61 Å². The van der Waals surface area contributed by atoms with Crippen LogP contribution in [0.25, 0.3) is 0 Å². The monoisotopic (exact) mass is 334 g/mol. The molecular formula is C19H30N2O3. The molecule has 1 aromatic rings. The van der Waals surface area contributed by atoms with Gasteiger partial charge >= 0.3 is 6.09 Å². The number of rotatable bonds is 7. The third-order valence-electron chi connectivity index (χ3n) is 4.48. The van der Waals surface area contributed by atoms with Crippen molar-refractivity contribution in [2.75, 3.05) is 19.7 Å². The van der Waals surface area contributed by atoms with Gasteiger partial charge in [-0.3, -0.25) is 0 Å². The van der Waals surface area contributed by atoms with Crippen molar-refractivity contribution in [3.05, 3.63) is 35.9 Å². The van der Waals surface area contributed by atoms with Crippen molar-refractivity contribution in [3.63, 3.8) is 0 Å². The molecule has 2 N–H and O–H groups in total. The molecule has 1 heterocycles. The lowest BCUT2D eigenvalue weighted by molar-refractivity contribution is 0.0705. The van der Waals surface area contributed by atoms with Gasteiger partial charge in [-0.2, -0.15) is 0 Å². The fourth-order valence-electron chi connectivity index (χ4n) is 3.34. The second-order valence-electron chi connectivity index (χ2n) is 6.83. The minimum absolute atomic E-state index is 0.166. The first-order chi connectivity index (χ1) is 11.6. The van der Waals surface area contributed by atoms with Gasteiger partial charge in [0.25, 0.3) is 0 Å². The molecule has 1 aromatic carbocycles. The Morgan fingerprint density at radius 1 is 1.38 bits per heavy atom. The fraction of sp³-hybridized carbons (Fsp3) is 0.632. The van der Waals surface area contributed by atoms with Crippen LogP contribution < -0.4 is 5.32 Å². The molecule has 0 bridgehead atoms. The summed E-state index contributed by atoms with van der Waals surface area (Å²) in [5.74, 6) is 0.359. The highest BCUT2D eigenvalue weighted by atomic mass is 16.6. The zero-order valence-electron chi connectivity index (χ0n) is 14.8. The van der Waals surface area contributed by atoms with Crippen molar-refractivity contribution in [1.29, 1.82) is 0 Å². The first kappa shape index (κ1) is 18.7. The summed E-state index contributed by atoms with van der Waals surface area (Å²) in [5, 5.41) is 12.8. The number of aliphatic hydroxyl groups is 1. The molecule has 1 aliphatic heterocycles. The normalized spacial score (nSPS) is 19.3. The summed E-state index contributed by atoms with van der Waals surface area (Å²) >= 11 is 0. The number of hydrogen-bond acceptors (Lipinski definition) is 4. The number of piperidine rings is 1. The van der Waals surface area contributed by atoms with Gasteiger partial charge in [-0.15, -0.1) is 0 Å². The minimum atomic E-state index is -0.240. The van der Waals surface area contributed by atoms with Crippen LogP contribution in [-0.2, 0) is 11.3 Å². The summed E-state index contributed by atoms with van der Waals surface area (Å²) in [6.45, 7) is 6.14. The largest absolute Gasteiger partial charge is 0.445 e. The van der Waals surface area contributed by atoms with Crippen LogP contribution >= 0.6 is 0 Å². The number of nitrogens with zero attached hydrogens (tertiary/aromatic N) is 1. The Kier molecular flexibility index (Phi) is 7.53. The third-order valence-corrected chi connectivity index (χ3v) is 4.48. The average Bonchev–Trinajstić information content (AvgIpc) is 2.60. The Labute approximate surface area is 145 Å². The molecule has 5 heteroatoms. The van der Waals surface area contributed by atoms with E-state index in [1.807, 2.05) is 35.2 Å². The highest BCUT2D eigenvalue weighted by Crippen LogP contribution is 2.22. The molecule has 0 unspecified atom stereocenters. The molecule has 1 fully saturated rings. The Hall–Kier alpha value is -1.59. The number of likely N-dealkylation sites (tertiary alicyclic amines) is 1. The van der Waals surface area contributed by atoms with Crippen LogP contribution in [0.3, 0.4) is 0 Å². The second-order valence-corrected chi connectivity index (χ2v) is 6.83. The molecular weight excluding hydrogens is 304 g/mol. The molecule has 134 valence electrons. The SMILES string of the molecule is CC(C)N[C@H](CCO)[C@@H]1CCCN(C(=O)OCc2ccccc2)C1. The Balaban J connectivity index is 1.87. The predicted octanol–water partition coefficient (Wildman–Crippen LogP) is 2.78. The van der Waals surface area contributed by atoms with E-state index in [0.717, 1.165) is 31.4 Å². The Morgan fingerprint density at radius 3 is 2.79 bits per heavy atom. The first-order valence-corrected chi connectivity index (χ1v) is 8.92. The maximum Gasteiger partial charge on any atom is 0.410 e. The Bertz CT molecular complexity index is 493. The van der Waals surface area contributed by atoms with Crippen LogP contribution in [-0.4, -0.2) is 47.9 Å². The smallest absolute Gasteiger partial charge is 0.410 e. The highest BCUT2D eigenvalue weighted by molar-refractivity contribution is 5.67. The van der Waals surface area contributed by atoms with Crippen molar-refractivity contribution < 1.29 is 14.6 Å². The lowest BCUT2D eigenvalue weighted by Gasteiger charge is -2.37. The number of aliphatic hydroxyl groups excluding tert-OH is 1. The standard InChI is InChI=1S/C19H30N2O3/c1-15(2)20-18(10-12-22)17-9-6-11-21(13-17)19(23)24-14-16-7-4-3-5-8-16/h3-5,7-8,15,17-18,20,22H,6,9-14H2,1-2H3/t17-,18-/m1/s1. The molecule has 0 radical (unpaired) electrons. The van der Waals surface area contributed by atoms with Gasteiger partial charge in [-0.25, -0.2) is 4.79 Å². The molecule has 0 saturated carbocycles. The minimum Gasteiger partial charge on any atom is -0.445 e. The van der Waals surface area contributed by atoms with Crippen LogP contribution in [0, 0.1) is 5.92 Å².